The van der Waals surface area contributed by atoms with Gasteiger partial charge in [0.1, 0.15) is 11.6 Å². The van der Waals surface area contributed by atoms with Crippen molar-refractivity contribution in [2.24, 2.45) is 0 Å². The molecule has 0 saturated carbocycles. The van der Waals surface area contributed by atoms with Gasteiger partial charge in [0.25, 0.3) is 5.91 Å². The molecular weight excluding hydrogens is 263 g/mol. The highest BCUT2D eigenvalue weighted by Gasteiger charge is 2.14. The summed E-state index contributed by atoms with van der Waals surface area (Å²) in [7, 11) is 0. The molecule has 0 aliphatic heterocycles. The van der Waals surface area contributed by atoms with E-state index in [9.17, 15) is 14.0 Å². The molecule has 1 aromatic carbocycles. The van der Waals surface area contributed by atoms with Gasteiger partial charge in [0, 0.05) is 0 Å². The third-order valence-corrected chi connectivity index (χ3v) is 2.65. The van der Waals surface area contributed by atoms with E-state index in [1.165, 1.54) is 24.3 Å². The van der Waals surface area contributed by atoms with Gasteiger partial charge in [0.15, 0.2) is 5.69 Å². The molecule has 0 radical (unpaired) electrons. The number of amides is 1. The van der Waals surface area contributed by atoms with E-state index in [0.717, 1.165) is 0 Å². The van der Waals surface area contributed by atoms with Crippen LogP contribution in [0.15, 0.2) is 36.4 Å². The topological polar surface area (TPSA) is 79.3 Å². The van der Waals surface area contributed by atoms with E-state index in [-0.39, 0.29) is 17.1 Å². The summed E-state index contributed by atoms with van der Waals surface area (Å²) in [5.74, 6) is -2.45. The molecule has 0 aliphatic rings. The maximum absolute atomic E-state index is 13.8. The Bertz CT molecular complexity index is 686. The fourth-order valence-corrected chi connectivity index (χ4v) is 1.63. The summed E-state index contributed by atoms with van der Waals surface area (Å²) in [6, 6.07) is 8.63. The highest BCUT2D eigenvalue weighted by Crippen LogP contribution is 2.14. The first kappa shape index (κ1) is 13.7. The van der Waals surface area contributed by atoms with Gasteiger partial charge in [-0.3, -0.25) is 4.79 Å². The minimum Gasteiger partial charge on any atom is -0.477 e. The molecule has 0 bridgehead atoms. The molecule has 2 rings (SSSR count). The molecule has 1 heterocycles. The number of carbonyl (C=O) groups is 2. The number of aromatic nitrogens is 1. The van der Waals surface area contributed by atoms with Crippen LogP contribution in [0.3, 0.4) is 0 Å². The quantitative estimate of drug-likeness (QED) is 0.901. The first-order valence-corrected chi connectivity index (χ1v) is 5.76. The van der Waals surface area contributed by atoms with Crippen LogP contribution in [0.1, 0.15) is 26.4 Å². The average molecular weight is 274 g/mol. The van der Waals surface area contributed by atoms with E-state index in [4.69, 9.17) is 5.11 Å². The molecule has 2 aromatic rings. The number of carboxylic acid groups (broad SMARTS) is 1. The Labute approximate surface area is 114 Å². The van der Waals surface area contributed by atoms with Crippen molar-refractivity contribution >= 4 is 17.7 Å². The van der Waals surface area contributed by atoms with Gasteiger partial charge >= 0.3 is 5.97 Å². The number of rotatable bonds is 3. The number of anilines is 1. The first-order valence-electron chi connectivity index (χ1n) is 5.76. The van der Waals surface area contributed by atoms with Crippen molar-refractivity contribution in [1.82, 2.24) is 4.98 Å². The molecule has 1 amide bonds. The fourth-order valence-electron chi connectivity index (χ4n) is 1.63. The molecule has 20 heavy (non-hydrogen) atoms. The maximum Gasteiger partial charge on any atom is 0.354 e. The summed E-state index contributed by atoms with van der Waals surface area (Å²) in [5.41, 5.74) is 0.0324. The van der Waals surface area contributed by atoms with E-state index < -0.39 is 17.7 Å². The minimum atomic E-state index is -1.21. The number of hydrogen-bond donors (Lipinski definition) is 2. The number of nitrogens with zero attached hydrogens (tertiary/aromatic N) is 1. The standard InChI is InChI=1S/C14H11FN2O3/c1-8-4-2-5-9(12(8)15)13(18)17-11-7-3-6-10(16-11)14(19)20/h2-7H,1H3,(H,19,20)(H,16,17,18). The molecule has 6 heteroatoms. The van der Waals surface area contributed by atoms with Crippen molar-refractivity contribution in [2.45, 2.75) is 6.92 Å². The van der Waals surface area contributed by atoms with Gasteiger partial charge in [-0.15, -0.1) is 0 Å². The van der Waals surface area contributed by atoms with E-state index in [1.807, 2.05) is 0 Å². The van der Waals surface area contributed by atoms with Crippen LogP contribution in [0.4, 0.5) is 10.2 Å². The molecule has 102 valence electrons. The molecular formula is C14H11FN2O3. The summed E-state index contributed by atoms with van der Waals surface area (Å²) >= 11 is 0. The average Bonchev–Trinajstić information content (AvgIpc) is 2.42. The van der Waals surface area contributed by atoms with Gasteiger partial charge in [-0.25, -0.2) is 14.2 Å². The Balaban J connectivity index is 2.26. The number of aryl methyl sites for hydroxylation is 1. The van der Waals surface area contributed by atoms with Crippen LogP contribution in [0.2, 0.25) is 0 Å². The highest BCUT2D eigenvalue weighted by atomic mass is 19.1. The van der Waals surface area contributed by atoms with Gasteiger partial charge in [0.2, 0.25) is 0 Å². The summed E-state index contributed by atoms with van der Waals surface area (Å²) < 4.78 is 13.8. The second-order valence-corrected chi connectivity index (χ2v) is 4.10. The van der Waals surface area contributed by atoms with Gasteiger partial charge in [0.05, 0.1) is 5.56 Å². The number of hydrogen-bond acceptors (Lipinski definition) is 3. The van der Waals surface area contributed by atoms with Gasteiger partial charge in [-0.1, -0.05) is 18.2 Å². The molecule has 0 fully saturated rings. The van der Waals surface area contributed by atoms with Crippen LogP contribution < -0.4 is 5.32 Å². The van der Waals surface area contributed by atoms with Gasteiger partial charge in [-0.05, 0) is 30.7 Å². The Hall–Kier alpha value is -2.76. The number of carboxylic acids is 1. The molecule has 2 N–H and O–H groups in total. The Morgan fingerprint density at radius 1 is 1.20 bits per heavy atom. The highest BCUT2D eigenvalue weighted by molar-refractivity contribution is 6.04. The number of aromatic carboxylic acids is 1. The number of pyridine rings is 1. The van der Waals surface area contributed by atoms with Crippen LogP contribution in [0.5, 0.6) is 0 Å². The molecule has 0 atom stereocenters. The lowest BCUT2D eigenvalue weighted by Crippen LogP contribution is -2.16. The normalized spacial score (nSPS) is 10.1. The smallest absolute Gasteiger partial charge is 0.354 e. The van der Waals surface area contributed by atoms with Crippen LogP contribution in [0.25, 0.3) is 0 Å². The van der Waals surface area contributed by atoms with E-state index in [0.29, 0.717) is 5.56 Å². The molecule has 5 nitrogen and oxygen atoms in total. The second-order valence-electron chi connectivity index (χ2n) is 4.10. The third-order valence-electron chi connectivity index (χ3n) is 2.65. The van der Waals surface area contributed by atoms with Crippen LogP contribution in [-0.2, 0) is 0 Å². The maximum atomic E-state index is 13.8. The van der Waals surface area contributed by atoms with E-state index in [1.54, 1.807) is 19.1 Å². The van der Waals surface area contributed by atoms with Crippen molar-refractivity contribution in [2.75, 3.05) is 5.32 Å². The number of carbonyl (C=O) groups excluding carboxylic acids is 1. The SMILES string of the molecule is Cc1cccc(C(=O)Nc2cccc(C(=O)O)n2)c1F. The lowest BCUT2D eigenvalue weighted by Gasteiger charge is -2.07. The zero-order valence-electron chi connectivity index (χ0n) is 10.6. The van der Waals surface area contributed by atoms with Crippen molar-refractivity contribution in [3.63, 3.8) is 0 Å². The van der Waals surface area contributed by atoms with Crippen molar-refractivity contribution in [1.29, 1.82) is 0 Å². The summed E-state index contributed by atoms with van der Waals surface area (Å²) in [6.45, 7) is 1.55. The van der Waals surface area contributed by atoms with Crippen molar-refractivity contribution < 1.29 is 19.1 Å². The van der Waals surface area contributed by atoms with Crippen LogP contribution in [0, 0.1) is 12.7 Å². The van der Waals surface area contributed by atoms with Crippen LogP contribution in [-0.4, -0.2) is 22.0 Å². The molecule has 0 unspecified atom stereocenters. The zero-order chi connectivity index (χ0) is 14.7. The largest absolute Gasteiger partial charge is 0.477 e. The van der Waals surface area contributed by atoms with E-state index in [2.05, 4.69) is 10.3 Å². The second kappa shape index (κ2) is 5.48. The number of nitrogens with one attached hydrogen (secondary N) is 1. The molecule has 0 spiro atoms. The van der Waals surface area contributed by atoms with Crippen molar-refractivity contribution in [3.8, 4) is 0 Å². The summed E-state index contributed by atoms with van der Waals surface area (Å²) in [4.78, 5) is 26.4. The third kappa shape index (κ3) is 2.80. The van der Waals surface area contributed by atoms with Crippen LogP contribution >= 0.6 is 0 Å². The molecule has 1 aromatic heterocycles. The summed E-state index contributed by atoms with van der Waals surface area (Å²) in [6.07, 6.45) is 0. The fraction of sp³-hybridized carbons (Fsp3) is 0.0714. The number of benzene rings is 1. The number of halogens is 1. The molecule has 0 aliphatic carbocycles. The van der Waals surface area contributed by atoms with Crippen molar-refractivity contribution in [3.05, 3.63) is 59.0 Å². The van der Waals surface area contributed by atoms with E-state index >= 15 is 0 Å². The van der Waals surface area contributed by atoms with Gasteiger partial charge < -0.3 is 10.4 Å². The Kier molecular flexibility index (Phi) is 3.74. The monoisotopic (exact) mass is 274 g/mol. The lowest BCUT2D eigenvalue weighted by atomic mass is 10.1. The predicted octanol–water partition coefficient (Wildman–Crippen LogP) is 2.48. The Morgan fingerprint density at radius 2 is 1.90 bits per heavy atom. The first-order chi connectivity index (χ1) is 9.49. The predicted molar refractivity (Wildman–Crippen MR) is 70.3 cm³/mol. The lowest BCUT2D eigenvalue weighted by molar-refractivity contribution is 0.0690. The molecule has 0 saturated heterocycles. The minimum absolute atomic E-state index is 0.0517. The Morgan fingerprint density at radius 3 is 2.60 bits per heavy atom. The summed E-state index contributed by atoms with van der Waals surface area (Å²) in [5, 5.41) is 11.2. The zero-order valence-corrected chi connectivity index (χ0v) is 10.6. The van der Waals surface area contributed by atoms with Gasteiger partial charge in [-0.2, -0.15) is 0 Å².